The topological polar surface area (TPSA) is 39.1 Å². The lowest BCUT2D eigenvalue weighted by atomic mass is 10.1. The largest absolute Gasteiger partial charge is 0.506 e. The lowest BCUT2D eigenvalue weighted by Crippen LogP contribution is -2.39. The molecule has 0 radical (unpaired) electrons. The summed E-state index contributed by atoms with van der Waals surface area (Å²) < 4.78 is 0. The summed E-state index contributed by atoms with van der Waals surface area (Å²) in [6, 6.07) is 5.66. The van der Waals surface area contributed by atoms with Crippen LogP contribution < -0.4 is 5.12 Å². The normalized spacial score (nSPS) is 22.2. The smallest absolute Gasteiger partial charge is 0.142 e. The fraction of sp³-hybridized carbons (Fsp3) is 0.214. The van der Waals surface area contributed by atoms with Crippen LogP contribution in [-0.2, 0) is 0 Å². The number of hydrazine groups is 1. The Morgan fingerprint density at radius 3 is 2.89 bits per heavy atom. The number of fused-ring (bicyclic) bond motifs is 1. The molecule has 3 rings (SSSR count). The monoisotopic (exact) mass is 241 g/mol. The molecule has 0 saturated heterocycles. The van der Waals surface area contributed by atoms with Gasteiger partial charge in [0.15, 0.2) is 0 Å². The van der Waals surface area contributed by atoms with E-state index in [-0.39, 0.29) is 11.8 Å². The average Bonchev–Trinajstić information content (AvgIpc) is 2.71. The molecule has 0 fully saturated rings. The van der Waals surface area contributed by atoms with E-state index in [1.165, 1.54) is 0 Å². The van der Waals surface area contributed by atoms with Gasteiger partial charge in [0.1, 0.15) is 11.4 Å². The molecule has 1 aromatic carbocycles. The van der Waals surface area contributed by atoms with E-state index in [4.69, 9.17) is 0 Å². The van der Waals surface area contributed by atoms with Crippen molar-refractivity contribution in [2.75, 3.05) is 12.2 Å². The van der Waals surface area contributed by atoms with Crippen molar-refractivity contribution in [3.05, 3.63) is 48.1 Å². The Labute approximate surface area is 106 Å². The Kier molecular flexibility index (Phi) is 2.45. The number of phenols is 1. The van der Waals surface area contributed by atoms with Gasteiger partial charge in [-0.2, -0.15) is 15.2 Å². The van der Waals surface area contributed by atoms with Gasteiger partial charge in [-0.15, -0.1) is 0 Å². The minimum atomic E-state index is 0.148. The maximum absolute atomic E-state index is 9.97. The second-order valence-corrected chi connectivity index (χ2v) is 4.57. The van der Waals surface area contributed by atoms with Crippen LogP contribution in [-0.4, -0.2) is 28.9 Å². The fourth-order valence-corrected chi connectivity index (χ4v) is 2.24. The maximum Gasteiger partial charge on any atom is 0.142 e. The summed E-state index contributed by atoms with van der Waals surface area (Å²) in [7, 11) is 1.96. The summed E-state index contributed by atoms with van der Waals surface area (Å²) in [6.07, 6.45) is 8.07. The first-order valence-electron chi connectivity index (χ1n) is 5.92. The molecule has 1 unspecified atom stereocenters. The van der Waals surface area contributed by atoms with Crippen LogP contribution in [0.3, 0.4) is 0 Å². The number of aryl methyl sites for hydroxylation is 1. The first kappa shape index (κ1) is 11.0. The first-order valence-corrected chi connectivity index (χ1v) is 5.92. The molecular weight excluding hydrogens is 226 g/mol. The number of hydrazone groups is 1. The Bertz CT molecular complexity index is 574. The molecule has 92 valence electrons. The van der Waals surface area contributed by atoms with Crippen molar-refractivity contribution in [3.63, 3.8) is 0 Å². The van der Waals surface area contributed by atoms with Crippen LogP contribution in [0.5, 0.6) is 5.75 Å². The molecule has 0 spiro atoms. The van der Waals surface area contributed by atoms with E-state index in [1.807, 2.05) is 49.3 Å². The number of benzene rings is 1. The number of aromatic hydroxyl groups is 1. The Hall–Kier alpha value is -2.07. The van der Waals surface area contributed by atoms with E-state index in [9.17, 15) is 5.11 Å². The summed E-state index contributed by atoms with van der Waals surface area (Å²) in [4.78, 5) is 0. The number of likely N-dealkylation sites (N-methyl/N-ethyl adjacent to an activating group) is 1. The molecule has 1 aliphatic carbocycles. The molecule has 1 atom stereocenters. The fourth-order valence-electron chi connectivity index (χ4n) is 2.24. The number of phenolic OH excluding ortho intramolecular Hbond substituents is 1. The maximum atomic E-state index is 9.97. The molecular formula is C14H15N3O. The van der Waals surface area contributed by atoms with Crippen molar-refractivity contribution in [2.45, 2.75) is 13.0 Å². The summed E-state index contributed by atoms with van der Waals surface area (Å²) >= 11 is 0. The average molecular weight is 241 g/mol. The number of hydrogen-bond acceptors (Lipinski definition) is 4. The van der Waals surface area contributed by atoms with Crippen LogP contribution in [0.4, 0.5) is 5.69 Å². The summed E-state index contributed by atoms with van der Waals surface area (Å²) in [5.74, 6) is 0.239. The lowest BCUT2D eigenvalue weighted by Gasteiger charge is -2.27. The molecule has 0 saturated carbocycles. The van der Waals surface area contributed by atoms with Gasteiger partial charge in [-0.3, -0.25) is 0 Å². The van der Waals surface area contributed by atoms with E-state index >= 15 is 0 Å². The van der Waals surface area contributed by atoms with Crippen molar-refractivity contribution in [1.82, 2.24) is 5.01 Å². The lowest BCUT2D eigenvalue weighted by molar-refractivity contribution is 0.327. The number of rotatable bonds is 1. The SMILES string of the molecule is Cc1ccc(O)c(N2N=C3C=CC=CC3N2C)c1. The van der Waals surface area contributed by atoms with Gasteiger partial charge >= 0.3 is 0 Å². The Morgan fingerprint density at radius 2 is 2.11 bits per heavy atom. The molecule has 0 amide bonds. The molecule has 4 heteroatoms. The van der Waals surface area contributed by atoms with E-state index in [0.29, 0.717) is 5.69 Å². The van der Waals surface area contributed by atoms with Gasteiger partial charge < -0.3 is 5.11 Å². The van der Waals surface area contributed by atoms with Crippen LogP contribution in [0, 0.1) is 6.92 Å². The molecule has 18 heavy (non-hydrogen) atoms. The zero-order valence-electron chi connectivity index (χ0n) is 10.4. The zero-order valence-corrected chi connectivity index (χ0v) is 10.4. The van der Waals surface area contributed by atoms with Crippen LogP contribution >= 0.6 is 0 Å². The minimum absolute atomic E-state index is 0.148. The minimum Gasteiger partial charge on any atom is -0.506 e. The highest BCUT2D eigenvalue weighted by Gasteiger charge is 2.31. The molecule has 1 aliphatic heterocycles. The summed E-state index contributed by atoms with van der Waals surface area (Å²) in [5, 5.41) is 18.3. The van der Waals surface area contributed by atoms with Crippen molar-refractivity contribution >= 4 is 11.4 Å². The highest BCUT2D eigenvalue weighted by Crippen LogP contribution is 2.33. The standard InChI is InChI=1S/C14H15N3O/c1-10-7-8-14(18)13(9-10)17-15-11-5-3-4-6-12(11)16(17)2/h3-9,12,18H,1-2H3. The highest BCUT2D eigenvalue weighted by molar-refractivity contribution is 6.03. The second kappa shape index (κ2) is 3.99. The van der Waals surface area contributed by atoms with Gasteiger partial charge in [-0.1, -0.05) is 24.3 Å². The van der Waals surface area contributed by atoms with Crippen LogP contribution in [0.25, 0.3) is 0 Å². The van der Waals surface area contributed by atoms with Crippen molar-refractivity contribution in [2.24, 2.45) is 5.10 Å². The van der Waals surface area contributed by atoms with Crippen molar-refractivity contribution in [1.29, 1.82) is 0 Å². The third-order valence-corrected chi connectivity index (χ3v) is 3.23. The summed E-state index contributed by atoms with van der Waals surface area (Å²) in [5.41, 5.74) is 2.79. The number of nitrogens with zero attached hydrogens (tertiary/aromatic N) is 3. The molecule has 1 aromatic rings. The number of allylic oxidation sites excluding steroid dienone is 2. The van der Waals surface area contributed by atoms with E-state index in [1.54, 1.807) is 11.2 Å². The van der Waals surface area contributed by atoms with Crippen molar-refractivity contribution < 1.29 is 5.11 Å². The first-order chi connectivity index (χ1) is 8.66. The van der Waals surface area contributed by atoms with Crippen LogP contribution in [0.15, 0.2) is 47.6 Å². The van der Waals surface area contributed by atoms with Gasteiger partial charge in [0.05, 0.1) is 11.8 Å². The van der Waals surface area contributed by atoms with E-state index in [0.717, 1.165) is 11.3 Å². The second-order valence-electron chi connectivity index (χ2n) is 4.57. The van der Waals surface area contributed by atoms with Gasteiger partial charge in [-0.25, -0.2) is 0 Å². The van der Waals surface area contributed by atoms with Gasteiger partial charge in [0.25, 0.3) is 0 Å². The van der Waals surface area contributed by atoms with Crippen LogP contribution in [0.2, 0.25) is 0 Å². The molecule has 0 aromatic heterocycles. The van der Waals surface area contributed by atoms with Gasteiger partial charge in [-0.05, 0) is 30.7 Å². The number of anilines is 1. The van der Waals surface area contributed by atoms with E-state index in [2.05, 4.69) is 11.2 Å². The third kappa shape index (κ3) is 1.62. The highest BCUT2D eigenvalue weighted by atomic mass is 16.3. The number of hydrogen-bond donors (Lipinski definition) is 1. The summed E-state index contributed by atoms with van der Waals surface area (Å²) in [6.45, 7) is 2.00. The molecule has 1 heterocycles. The van der Waals surface area contributed by atoms with Gasteiger partial charge in [0.2, 0.25) is 0 Å². The molecule has 4 nitrogen and oxygen atoms in total. The quantitative estimate of drug-likeness (QED) is 0.819. The van der Waals surface area contributed by atoms with Crippen LogP contribution in [0.1, 0.15) is 5.56 Å². The Morgan fingerprint density at radius 1 is 1.28 bits per heavy atom. The molecule has 0 bridgehead atoms. The predicted octanol–water partition coefficient (Wildman–Crippen LogP) is 2.22. The molecule has 2 aliphatic rings. The van der Waals surface area contributed by atoms with Gasteiger partial charge in [0, 0.05) is 7.05 Å². The van der Waals surface area contributed by atoms with E-state index < -0.39 is 0 Å². The zero-order chi connectivity index (χ0) is 12.7. The molecule has 1 N–H and O–H groups in total. The van der Waals surface area contributed by atoms with Crippen molar-refractivity contribution in [3.8, 4) is 5.75 Å². The Balaban J connectivity index is 2.03. The predicted molar refractivity (Wildman–Crippen MR) is 72.6 cm³/mol. The third-order valence-electron chi connectivity index (χ3n) is 3.23.